The normalized spacial score (nSPS) is 21.7. The van der Waals surface area contributed by atoms with E-state index in [-0.39, 0.29) is 6.04 Å². The van der Waals surface area contributed by atoms with Gasteiger partial charge < -0.3 is 14.5 Å². The minimum atomic E-state index is -3.22. The van der Waals surface area contributed by atoms with Crippen LogP contribution in [0, 0.1) is 5.92 Å². The maximum absolute atomic E-state index is 12.1. The lowest BCUT2D eigenvalue weighted by atomic mass is 10.2. The van der Waals surface area contributed by atoms with Gasteiger partial charge in [-0.1, -0.05) is 13.8 Å². The lowest BCUT2D eigenvalue weighted by Gasteiger charge is -2.38. The van der Waals surface area contributed by atoms with E-state index in [9.17, 15) is 8.42 Å². The molecule has 2 fully saturated rings. The highest BCUT2D eigenvalue weighted by Crippen LogP contribution is 2.30. The summed E-state index contributed by atoms with van der Waals surface area (Å²) in [6.07, 6.45) is 2.89. The molecule has 2 aromatic rings. The molecule has 2 aromatic heterocycles. The standard InChI is InChI=1S/C19H31N7O3S/c1-14(2)11-25-18-16(17(20-13-21-18)23-7-9-29-10-8-23)22-19(25)24-5-6-26(15(3)12-24)30(4,27)28/h13-15H,5-12H2,1-4H3/t15-/m0/s1. The number of imidazole rings is 1. The largest absolute Gasteiger partial charge is 0.378 e. The van der Waals surface area contributed by atoms with E-state index in [2.05, 4.69) is 38.2 Å². The fourth-order valence-electron chi connectivity index (χ4n) is 4.31. The number of aromatic nitrogens is 4. The van der Waals surface area contributed by atoms with E-state index in [1.54, 1.807) is 10.6 Å². The zero-order valence-corrected chi connectivity index (χ0v) is 19.0. The monoisotopic (exact) mass is 437 g/mol. The summed E-state index contributed by atoms with van der Waals surface area (Å²) in [5.41, 5.74) is 1.63. The number of morpholine rings is 1. The van der Waals surface area contributed by atoms with Gasteiger partial charge in [-0.3, -0.25) is 4.57 Å². The van der Waals surface area contributed by atoms with E-state index < -0.39 is 10.0 Å². The Morgan fingerprint density at radius 1 is 1.13 bits per heavy atom. The zero-order chi connectivity index (χ0) is 21.5. The molecule has 0 unspecified atom stereocenters. The summed E-state index contributed by atoms with van der Waals surface area (Å²) in [6, 6.07) is -0.120. The molecule has 0 amide bonds. The SMILES string of the molecule is CC(C)Cn1c(N2CCN(S(C)(=O)=O)[C@@H](C)C2)nc2c(N3CCOCC3)ncnc21. The van der Waals surface area contributed by atoms with Gasteiger partial charge in [-0.15, -0.1) is 0 Å². The minimum Gasteiger partial charge on any atom is -0.378 e. The van der Waals surface area contributed by atoms with Crippen LogP contribution in [0.3, 0.4) is 0 Å². The molecule has 0 spiro atoms. The number of fused-ring (bicyclic) bond motifs is 1. The molecule has 0 N–H and O–H groups in total. The summed E-state index contributed by atoms with van der Waals surface area (Å²) in [5, 5.41) is 0. The van der Waals surface area contributed by atoms with Gasteiger partial charge in [0.25, 0.3) is 0 Å². The third-order valence-electron chi connectivity index (χ3n) is 5.63. The van der Waals surface area contributed by atoms with Gasteiger partial charge in [-0.2, -0.15) is 4.31 Å². The van der Waals surface area contributed by atoms with Gasteiger partial charge in [0, 0.05) is 45.3 Å². The molecule has 0 bridgehead atoms. The van der Waals surface area contributed by atoms with Crippen molar-refractivity contribution in [2.45, 2.75) is 33.4 Å². The smallest absolute Gasteiger partial charge is 0.211 e. The fraction of sp³-hybridized carbons (Fsp3) is 0.737. The third kappa shape index (κ3) is 4.10. The molecule has 10 nitrogen and oxygen atoms in total. The Bertz CT molecular complexity index is 1000. The molecule has 2 aliphatic rings. The van der Waals surface area contributed by atoms with E-state index in [1.165, 1.54) is 6.26 Å². The molecule has 11 heteroatoms. The Labute approximate surface area is 177 Å². The van der Waals surface area contributed by atoms with Gasteiger partial charge >= 0.3 is 0 Å². The maximum atomic E-state index is 12.1. The van der Waals surface area contributed by atoms with Crippen molar-refractivity contribution in [1.82, 2.24) is 23.8 Å². The molecule has 0 saturated carbocycles. The van der Waals surface area contributed by atoms with Crippen molar-refractivity contribution >= 4 is 33.0 Å². The summed E-state index contributed by atoms with van der Waals surface area (Å²) < 4.78 is 33.3. The lowest BCUT2D eigenvalue weighted by Crippen LogP contribution is -2.54. The zero-order valence-electron chi connectivity index (χ0n) is 18.2. The van der Waals surface area contributed by atoms with E-state index in [1.807, 2.05) is 6.92 Å². The number of anilines is 2. The molecule has 4 rings (SSSR count). The Balaban J connectivity index is 1.73. The highest BCUT2D eigenvalue weighted by atomic mass is 32.2. The van der Waals surface area contributed by atoms with Crippen molar-refractivity contribution in [3.63, 3.8) is 0 Å². The number of piperazine rings is 1. The molecule has 2 aliphatic heterocycles. The van der Waals surface area contributed by atoms with Crippen LogP contribution in [0.4, 0.5) is 11.8 Å². The van der Waals surface area contributed by atoms with Crippen molar-refractivity contribution in [2.75, 3.05) is 62.0 Å². The van der Waals surface area contributed by atoms with Crippen molar-refractivity contribution in [2.24, 2.45) is 5.92 Å². The molecule has 4 heterocycles. The summed E-state index contributed by atoms with van der Waals surface area (Å²) >= 11 is 0. The van der Waals surface area contributed by atoms with Gasteiger partial charge in [-0.05, 0) is 12.8 Å². The highest BCUT2D eigenvalue weighted by Gasteiger charge is 2.33. The second-order valence-electron chi connectivity index (χ2n) is 8.55. The highest BCUT2D eigenvalue weighted by molar-refractivity contribution is 7.88. The number of rotatable bonds is 5. The number of sulfonamides is 1. The third-order valence-corrected chi connectivity index (χ3v) is 7.02. The van der Waals surface area contributed by atoms with Gasteiger partial charge in [0.15, 0.2) is 17.0 Å². The second-order valence-corrected chi connectivity index (χ2v) is 10.5. The average Bonchev–Trinajstić information content (AvgIpc) is 3.05. The van der Waals surface area contributed by atoms with Crippen molar-refractivity contribution in [3.8, 4) is 0 Å². The lowest BCUT2D eigenvalue weighted by molar-refractivity contribution is 0.122. The van der Waals surface area contributed by atoms with Crippen molar-refractivity contribution in [3.05, 3.63) is 6.33 Å². The van der Waals surface area contributed by atoms with E-state index in [4.69, 9.17) is 9.72 Å². The summed E-state index contributed by atoms with van der Waals surface area (Å²) in [7, 11) is -3.22. The van der Waals surface area contributed by atoms with Crippen molar-refractivity contribution in [1.29, 1.82) is 0 Å². The Morgan fingerprint density at radius 3 is 2.50 bits per heavy atom. The van der Waals surface area contributed by atoms with Crippen LogP contribution in [0.1, 0.15) is 20.8 Å². The van der Waals surface area contributed by atoms with Gasteiger partial charge in [0.1, 0.15) is 6.33 Å². The van der Waals surface area contributed by atoms with Crippen LogP contribution in [0.2, 0.25) is 0 Å². The van der Waals surface area contributed by atoms with Crippen LogP contribution >= 0.6 is 0 Å². The van der Waals surface area contributed by atoms with Crippen LogP contribution in [0.15, 0.2) is 6.33 Å². The van der Waals surface area contributed by atoms with E-state index in [0.717, 1.165) is 42.6 Å². The van der Waals surface area contributed by atoms with Crippen molar-refractivity contribution < 1.29 is 13.2 Å². The predicted octanol–water partition coefficient (Wildman–Crippen LogP) is 0.789. The van der Waals surface area contributed by atoms with Gasteiger partial charge in [-0.25, -0.2) is 23.4 Å². The first-order valence-corrected chi connectivity index (χ1v) is 12.4. The van der Waals surface area contributed by atoms with Crippen LogP contribution in [-0.4, -0.2) is 90.5 Å². The number of ether oxygens (including phenoxy) is 1. The number of hydrogen-bond donors (Lipinski definition) is 0. The first-order valence-electron chi connectivity index (χ1n) is 10.5. The first kappa shape index (κ1) is 21.3. The Hall–Kier alpha value is -1.98. The van der Waals surface area contributed by atoms with E-state index >= 15 is 0 Å². The van der Waals surface area contributed by atoms with Crippen LogP contribution in [0.25, 0.3) is 11.2 Å². The molecule has 2 saturated heterocycles. The van der Waals surface area contributed by atoms with Gasteiger partial charge in [0.05, 0.1) is 19.5 Å². The maximum Gasteiger partial charge on any atom is 0.211 e. The van der Waals surface area contributed by atoms with Crippen LogP contribution in [-0.2, 0) is 21.3 Å². The quantitative estimate of drug-likeness (QED) is 0.677. The van der Waals surface area contributed by atoms with Crippen LogP contribution < -0.4 is 9.80 Å². The summed E-state index contributed by atoms with van der Waals surface area (Å²) in [4.78, 5) is 18.5. The number of hydrogen-bond acceptors (Lipinski definition) is 8. The first-order chi connectivity index (χ1) is 14.3. The minimum absolute atomic E-state index is 0.120. The average molecular weight is 438 g/mol. The topological polar surface area (TPSA) is 96.7 Å². The molecular weight excluding hydrogens is 406 g/mol. The molecule has 0 aromatic carbocycles. The summed E-state index contributed by atoms with van der Waals surface area (Å²) in [6.45, 7) is 11.6. The Kier molecular flexibility index (Phi) is 5.86. The van der Waals surface area contributed by atoms with E-state index in [0.29, 0.717) is 38.8 Å². The van der Waals surface area contributed by atoms with Gasteiger partial charge in [0.2, 0.25) is 16.0 Å². The fourth-order valence-corrected chi connectivity index (χ4v) is 5.44. The predicted molar refractivity (Wildman–Crippen MR) is 116 cm³/mol. The molecule has 1 atom stereocenters. The summed E-state index contributed by atoms with van der Waals surface area (Å²) in [5.74, 6) is 2.10. The molecular formula is C19H31N7O3S. The molecule has 0 aliphatic carbocycles. The second kappa shape index (κ2) is 8.27. The van der Waals surface area contributed by atoms with Crippen LogP contribution in [0.5, 0.6) is 0 Å². The Morgan fingerprint density at radius 2 is 1.87 bits per heavy atom. The molecule has 166 valence electrons. The molecule has 0 radical (unpaired) electrons. The molecule has 30 heavy (non-hydrogen) atoms. The number of nitrogens with zero attached hydrogens (tertiary/aromatic N) is 7.